The van der Waals surface area contributed by atoms with Gasteiger partial charge in [0.15, 0.2) is 11.7 Å². The number of Topliss-reactive ketones (excluding diaryl/α,β-unsaturated/α-hetero) is 1. The molecule has 2 aliphatic heterocycles. The van der Waals surface area contributed by atoms with Gasteiger partial charge in [-0.2, -0.15) is 0 Å². The molecular formula is C46H65N9O7. The summed E-state index contributed by atoms with van der Waals surface area (Å²) in [5.41, 5.74) is 12.7. The molecule has 5 rings (SSSR count). The highest BCUT2D eigenvalue weighted by Crippen LogP contribution is 2.28. The quantitative estimate of drug-likeness (QED) is 0.0883. The smallest absolute Gasteiger partial charge is 0.245 e. The lowest BCUT2D eigenvalue weighted by Crippen LogP contribution is -2.59. The summed E-state index contributed by atoms with van der Waals surface area (Å²) in [6, 6.07) is 13.5. The van der Waals surface area contributed by atoms with E-state index in [0.29, 0.717) is 25.7 Å². The second kappa shape index (κ2) is 24.0. The van der Waals surface area contributed by atoms with Gasteiger partial charge in [0.2, 0.25) is 35.4 Å². The summed E-state index contributed by atoms with van der Waals surface area (Å²) >= 11 is 0. The molecule has 0 radical (unpaired) electrons. The summed E-state index contributed by atoms with van der Waals surface area (Å²) in [4.78, 5) is 103. The Bertz CT molecular complexity index is 1870. The van der Waals surface area contributed by atoms with Crippen molar-refractivity contribution < 1.29 is 33.6 Å². The van der Waals surface area contributed by atoms with Crippen LogP contribution in [-0.4, -0.2) is 102 Å². The Morgan fingerprint density at radius 2 is 1.48 bits per heavy atom. The average molecular weight is 856 g/mol. The van der Waals surface area contributed by atoms with Crippen LogP contribution in [-0.2, 0) is 46.4 Å². The molecule has 1 saturated carbocycles. The van der Waals surface area contributed by atoms with E-state index in [0.717, 1.165) is 43.2 Å². The van der Waals surface area contributed by atoms with Crippen molar-refractivity contribution in [3.8, 4) is 0 Å². The molecule has 16 nitrogen and oxygen atoms in total. The monoisotopic (exact) mass is 856 g/mol. The standard InChI is InChI=1S/C46H65N9O7/c1-30(56)51-37(27-32-16-7-3-8-17-32)42(59)52-35-21-12-23-49-41(58)34(20-11-24-50-46(47)48)29-40(57)36(26-31-14-5-2-6-15-31)53-43(60)38(28-33-18-9-4-10-19-33)54-44(61)39-22-13-25-55(39)45(35)62/h2-3,5-8,14-17,33-39H,4,9-13,18-29H2,1H3,(H,49,58)(H,51,56)(H,52,59)(H,53,60)(H,54,61)(H4,47,48,50)/t34-,35+,36+,37+,38-,39+/m1/s1. The Hall–Kier alpha value is -5.80. The second-order valence-electron chi connectivity index (χ2n) is 17.0. The fraction of sp³-hybridized carbons (Fsp3) is 0.565. The Labute approximate surface area is 364 Å². The lowest BCUT2D eigenvalue weighted by atomic mass is 9.84. The van der Waals surface area contributed by atoms with Crippen LogP contribution in [0.4, 0.5) is 0 Å². The summed E-state index contributed by atoms with van der Waals surface area (Å²) in [6.07, 6.45) is 7.43. The number of aliphatic imine (C=N–C) groups is 1. The van der Waals surface area contributed by atoms with Crippen molar-refractivity contribution >= 4 is 47.2 Å². The first-order valence-corrected chi connectivity index (χ1v) is 22.3. The molecule has 2 aromatic rings. The number of amides is 6. The van der Waals surface area contributed by atoms with Crippen LogP contribution in [0.3, 0.4) is 0 Å². The van der Waals surface area contributed by atoms with Gasteiger partial charge in [-0.25, -0.2) is 0 Å². The zero-order valence-corrected chi connectivity index (χ0v) is 35.9. The molecule has 0 aromatic heterocycles. The number of carbonyl (C=O) groups excluding carboxylic acids is 7. The highest BCUT2D eigenvalue weighted by Gasteiger charge is 2.40. The first-order chi connectivity index (χ1) is 29.9. The molecule has 2 heterocycles. The highest BCUT2D eigenvalue weighted by molar-refractivity contribution is 5.97. The molecule has 2 aromatic carbocycles. The van der Waals surface area contributed by atoms with E-state index in [-0.39, 0.29) is 81.7 Å². The molecule has 0 spiro atoms. The second-order valence-corrected chi connectivity index (χ2v) is 17.0. The van der Waals surface area contributed by atoms with Gasteiger partial charge >= 0.3 is 0 Å². The Morgan fingerprint density at radius 1 is 0.806 bits per heavy atom. The number of nitrogens with one attached hydrogen (secondary N) is 5. The maximum absolute atomic E-state index is 14.5. The summed E-state index contributed by atoms with van der Waals surface area (Å²) in [5, 5.41) is 14.5. The van der Waals surface area contributed by atoms with Gasteiger partial charge in [0, 0.05) is 45.3 Å². The van der Waals surface area contributed by atoms with E-state index in [1.807, 2.05) is 60.7 Å². The number of nitrogens with two attached hydrogens (primary N) is 2. The lowest BCUT2D eigenvalue weighted by molar-refractivity contribution is -0.142. The summed E-state index contributed by atoms with van der Waals surface area (Å²) in [6.45, 7) is 1.94. The largest absolute Gasteiger partial charge is 0.370 e. The van der Waals surface area contributed by atoms with Crippen LogP contribution in [0.1, 0.15) is 102 Å². The minimum atomic E-state index is -1.10. The third-order valence-corrected chi connectivity index (χ3v) is 12.1. The molecule has 6 atom stereocenters. The van der Waals surface area contributed by atoms with Crippen molar-refractivity contribution in [2.75, 3.05) is 19.6 Å². The van der Waals surface area contributed by atoms with Crippen molar-refractivity contribution in [3.63, 3.8) is 0 Å². The van der Waals surface area contributed by atoms with E-state index in [9.17, 15) is 33.6 Å². The van der Waals surface area contributed by atoms with E-state index in [4.69, 9.17) is 11.5 Å². The minimum Gasteiger partial charge on any atom is -0.370 e. The number of carbonyl (C=O) groups is 7. The van der Waals surface area contributed by atoms with Crippen LogP contribution >= 0.6 is 0 Å². The van der Waals surface area contributed by atoms with Crippen molar-refractivity contribution in [2.45, 2.75) is 133 Å². The van der Waals surface area contributed by atoms with E-state index in [1.54, 1.807) is 0 Å². The number of hydrogen-bond acceptors (Lipinski definition) is 8. The third-order valence-electron chi connectivity index (χ3n) is 12.1. The fourth-order valence-corrected chi connectivity index (χ4v) is 8.88. The van der Waals surface area contributed by atoms with Gasteiger partial charge in [-0.1, -0.05) is 92.8 Å². The molecule has 336 valence electrons. The number of guanidine groups is 1. The van der Waals surface area contributed by atoms with Gasteiger partial charge in [-0.15, -0.1) is 0 Å². The first-order valence-electron chi connectivity index (χ1n) is 22.3. The van der Waals surface area contributed by atoms with Gasteiger partial charge in [0.25, 0.3) is 0 Å². The van der Waals surface area contributed by atoms with Crippen LogP contribution in [0, 0.1) is 11.8 Å². The Kier molecular flexibility index (Phi) is 18.3. The molecule has 1 aliphatic carbocycles. The van der Waals surface area contributed by atoms with E-state index in [1.165, 1.54) is 11.8 Å². The molecule has 0 unspecified atom stereocenters. The molecule has 62 heavy (non-hydrogen) atoms. The third kappa shape index (κ3) is 14.7. The predicted octanol–water partition coefficient (Wildman–Crippen LogP) is 1.93. The average Bonchev–Trinajstić information content (AvgIpc) is 3.76. The van der Waals surface area contributed by atoms with Crippen LogP contribution in [0.2, 0.25) is 0 Å². The minimum absolute atomic E-state index is 0.0874. The van der Waals surface area contributed by atoms with Gasteiger partial charge in [-0.05, 0) is 68.4 Å². The predicted molar refractivity (Wildman–Crippen MR) is 235 cm³/mol. The maximum atomic E-state index is 14.5. The fourth-order valence-electron chi connectivity index (χ4n) is 8.88. The topological polar surface area (TPSA) is 247 Å². The van der Waals surface area contributed by atoms with Gasteiger partial charge in [-0.3, -0.25) is 38.6 Å². The van der Waals surface area contributed by atoms with Crippen LogP contribution in [0.25, 0.3) is 0 Å². The van der Waals surface area contributed by atoms with Crippen molar-refractivity contribution in [3.05, 3.63) is 71.8 Å². The van der Waals surface area contributed by atoms with E-state index in [2.05, 4.69) is 31.6 Å². The molecule has 3 fully saturated rings. The highest BCUT2D eigenvalue weighted by atomic mass is 16.2. The SMILES string of the molecule is CC(=O)N[C@@H](Cc1ccccc1)C(=O)N[C@H]1CCCNC(=O)[C@H](CCCN=C(N)N)CC(=O)[C@H](Cc2ccccc2)NC(=O)[C@@H](CC2CCCCC2)NC(=O)[C@@H]2CCCN2C1=O. The number of rotatable bonds is 13. The molecule has 3 aliphatic rings. The van der Waals surface area contributed by atoms with Gasteiger partial charge < -0.3 is 43.0 Å². The van der Waals surface area contributed by atoms with Crippen LogP contribution in [0.15, 0.2) is 65.7 Å². The van der Waals surface area contributed by atoms with Gasteiger partial charge in [0.1, 0.15) is 24.2 Å². The molecule has 0 bridgehead atoms. The number of ketones is 1. The molecular weight excluding hydrogens is 791 g/mol. The summed E-state index contributed by atoms with van der Waals surface area (Å²) in [7, 11) is 0. The Morgan fingerprint density at radius 3 is 2.16 bits per heavy atom. The first kappa shape index (κ1) is 47.3. The van der Waals surface area contributed by atoms with E-state index < -0.39 is 65.7 Å². The number of hydrogen-bond donors (Lipinski definition) is 7. The Balaban J connectivity index is 1.46. The normalized spacial score (nSPS) is 24.0. The molecule has 16 heteroatoms. The zero-order valence-electron chi connectivity index (χ0n) is 35.9. The van der Waals surface area contributed by atoms with E-state index >= 15 is 0 Å². The molecule has 9 N–H and O–H groups in total. The van der Waals surface area contributed by atoms with Crippen LogP contribution in [0.5, 0.6) is 0 Å². The van der Waals surface area contributed by atoms with Crippen molar-refractivity contribution in [1.29, 1.82) is 0 Å². The van der Waals surface area contributed by atoms with Crippen molar-refractivity contribution in [1.82, 2.24) is 31.5 Å². The number of fused-ring (bicyclic) bond motifs is 1. The molecule has 6 amide bonds. The molecule has 2 saturated heterocycles. The summed E-state index contributed by atoms with van der Waals surface area (Å²) < 4.78 is 0. The summed E-state index contributed by atoms with van der Waals surface area (Å²) in [5.74, 6) is -3.84. The van der Waals surface area contributed by atoms with Crippen LogP contribution < -0.4 is 38.1 Å². The zero-order chi connectivity index (χ0) is 44.4. The maximum Gasteiger partial charge on any atom is 0.245 e. The lowest BCUT2D eigenvalue weighted by Gasteiger charge is -2.32. The number of benzene rings is 2. The number of nitrogens with zero attached hydrogens (tertiary/aromatic N) is 2. The van der Waals surface area contributed by atoms with Gasteiger partial charge in [0.05, 0.1) is 6.04 Å². The van der Waals surface area contributed by atoms with Crippen molar-refractivity contribution in [2.24, 2.45) is 28.3 Å².